The standard InChI is InChI=1S/C18H16N6O2/c25-17(20-15-8-9-15)12-4-6-14(7-5-12)21-18(26)13-2-1-3-16(10-13)24-11-19-22-23-24/h1-7,10-11,15H,8-9H2,(H,20,25)(H,21,26). The number of carbonyl (C=O) groups excluding carboxylic acids is 2. The number of nitrogens with zero attached hydrogens (tertiary/aromatic N) is 4. The van der Waals surface area contributed by atoms with Crippen molar-refractivity contribution in [3.05, 3.63) is 66.0 Å². The van der Waals surface area contributed by atoms with E-state index in [0.717, 1.165) is 12.8 Å². The molecule has 8 nitrogen and oxygen atoms in total. The maximum Gasteiger partial charge on any atom is 0.255 e. The topological polar surface area (TPSA) is 102 Å². The summed E-state index contributed by atoms with van der Waals surface area (Å²) in [5.41, 5.74) is 2.37. The molecule has 130 valence electrons. The van der Waals surface area contributed by atoms with Crippen molar-refractivity contribution in [2.24, 2.45) is 0 Å². The molecule has 8 heteroatoms. The van der Waals surface area contributed by atoms with Crippen LogP contribution in [0.1, 0.15) is 33.6 Å². The molecule has 26 heavy (non-hydrogen) atoms. The van der Waals surface area contributed by atoms with Crippen molar-refractivity contribution in [2.75, 3.05) is 5.32 Å². The van der Waals surface area contributed by atoms with Crippen molar-refractivity contribution in [1.29, 1.82) is 0 Å². The van der Waals surface area contributed by atoms with Crippen LogP contribution in [0.15, 0.2) is 54.9 Å². The van der Waals surface area contributed by atoms with Gasteiger partial charge < -0.3 is 10.6 Å². The van der Waals surface area contributed by atoms with Gasteiger partial charge in [-0.05, 0) is 65.7 Å². The Hall–Kier alpha value is -3.55. The highest BCUT2D eigenvalue weighted by atomic mass is 16.2. The summed E-state index contributed by atoms with van der Waals surface area (Å²) in [5, 5.41) is 16.7. The van der Waals surface area contributed by atoms with E-state index in [4.69, 9.17) is 0 Å². The maximum atomic E-state index is 12.5. The van der Waals surface area contributed by atoms with Crippen molar-refractivity contribution in [3.63, 3.8) is 0 Å². The van der Waals surface area contributed by atoms with Gasteiger partial charge in [-0.1, -0.05) is 6.07 Å². The van der Waals surface area contributed by atoms with Crippen molar-refractivity contribution in [2.45, 2.75) is 18.9 Å². The normalized spacial score (nSPS) is 13.2. The molecule has 4 rings (SSSR count). The van der Waals surface area contributed by atoms with Crippen molar-refractivity contribution in [3.8, 4) is 5.69 Å². The quantitative estimate of drug-likeness (QED) is 0.732. The number of amides is 2. The molecule has 1 fully saturated rings. The molecule has 0 atom stereocenters. The lowest BCUT2D eigenvalue weighted by atomic mass is 10.1. The van der Waals surface area contributed by atoms with Crippen molar-refractivity contribution in [1.82, 2.24) is 25.5 Å². The van der Waals surface area contributed by atoms with Gasteiger partial charge in [0.15, 0.2) is 0 Å². The molecule has 1 saturated carbocycles. The molecule has 0 aliphatic heterocycles. The van der Waals surface area contributed by atoms with Gasteiger partial charge in [0.1, 0.15) is 6.33 Å². The van der Waals surface area contributed by atoms with Gasteiger partial charge in [-0.25, -0.2) is 4.68 Å². The van der Waals surface area contributed by atoms with Crippen LogP contribution < -0.4 is 10.6 Å². The van der Waals surface area contributed by atoms with Crippen LogP contribution in [0.25, 0.3) is 5.69 Å². The summed E-state index contributed by atoms with van der Waals surface area (Å²) >= 11 is 0. The van der Waals surface area contributed by atoms with E-state index in [2.05, 4.69) is 26.2 Å². The zero-order valence-corrected chi connectivity index (χ0v) is 13.8. The Kier molecular flexibility index (Phi) is 4.14. The number of nitrogens with one attached hydrogen (secondary N) is 2. The number of aromatic nitrogens is 4. The number of tetrazole rings is 1. The van der Waals surface area contributed by atoms with E-state index in [-0.39, 0.29) is 11.8 Å². The summed E-state index contributed by atoms with van der Waals surface area (Å²) in [6, 6.07) is 14.1. The molecule has 1 aliphatic rings. The van der Waals surface area contributed by atoms with Gasteiger partial charge in [-0.2, -0.15) is 0 Å². The van der Waals surface area contributed by atoms with Gasteiger partial charge in [-0.15, -0.1) is 5.10 Å². The third kappa shape index (κ3) is 3.59. The molecule has 3 aromatic rings. The third-order valence-electron chi connectivity index (χ3n) is 4.04. The van der Waals surface area contributed by atoms with Crippen LogP contribution in [-0.2, 0) is 0 Å². The van der Waals surface area contributed by atoms with Crippen molar-refractivity contribution >= 4 is 17.5 Å². The molecule has 1 heterocycles. The molecular formula is C18H16N6O2. The summed E-state index contributed by atoms with van der Waals surface area (Å²) in [7, 11) is 0. The monoisotopic (exact) mass is 348 g/mol. The van der Waals surface area contributed by atoms with E-state index in [1.54, 1.807) is 48.5 Å². The second-order valence-electron chi connectivity index (χ2n) is 6.08. The van der Waals surface area contributed by atoms with Crippen LogP contribution in [0.2, 0.25) is 0 Å². The van der Waals surface area contributed by atoms with E-state index in [0.29, 0.717) is 28.5 Å². The SMILES string of the molecule is O=C(Nc1ccc(C(=O)NC2CC2)cc1)c1cccc(-n2cnnn2)c1. The number of carbonyl (C=O) groups is 2. The number of hydrogen-bond acceptors (Lipinski definition) is 5. The molecule has 0 bridgehead atoms. The number of anilines is 1. The summed E-state index contributed by atoms with van der Waals surface area (Å²) < 4.78 is 1.48. The number of rotatable bonds is 5. The van der Waals surface area contributed by atoms with Gasteiger partial charge >= 0.3 is 0 Å². The highest BCUT2D eigenvalue weighted by molar-refractivity contribution is 6.05. The first-order valence-corrected chi connectivity index (χ1v) is 8.25. The summed E-state index contributed by atoms with van der Waals surface area (Å²) in [6.07, 6.45) is 3.55. The molecule has 1 aromatic heterocycles. The second-order valence-corrected chi connectivity index (χ2v) is 6.08. The van der Waals surface area contributed by atoms with Crippen LogP contribution in [-0.4, -0.2) is 38.1 Å². The van der Waals surface area contributed by atoms with Gasteiger partial charge in [0.05, 0.1) is 5.69 Å². The second kappa shape index (κ2) is 6.75. The largest absolute Gasteiger partial charge is 0.349 e. The average molecular weight is 348 g/mol. The fourth-order valence-corrected chi connectivity index (χ4v) is 2.47. The van der Waals surface area contributed by atoms with Gasteiger partial charge in [0.25, 0.3) is 11.8 Å². The molecule has 0 saturated heterocycles. The van der Waals surface area contributed by atoms with Gasteiger partial charge in [-0.3, -0.25) is 9.59 Å². The van der Waals surface area contributed by atoms with Crippen LogP contribution in [0.4, 0.5) is 5.69 Å². The Morgan fingerprint density at radius 3 is 2.50 bits per heavy atom. The highest BCUT2D eigenvalue weighted by Crippen LogP contribution is 2.20. The third-order valence-corrected chi connectivity index (χ3v) is 4.04. The van der Waals surface area contributed by atoms with Crippen molar-refractivity contribution < 1.29 is 9.59 Å². The molecule has 2 amide bonds. The molecule has 2 N–H and O–H groups in total. The van der Waals surface area contributed by atoms with E-state index in [1.807, 2.05) is 0 Å². The Bertz CT molecular complexity index is 933. The minimum Gasteiger partial charge on any atom is -0.349 e. The fraction of sp³-hybridized carbons (Fsp3) is 0.167. The lowest BCUT2D eigenvalue weighted by Gasteiger charge is -2.08. The lowest BCUT2D eigenvalue weighted by molar-refractivity contribution is 0.0950. The molecule has 2 aromatic carbocycles. The molecule has 1 aliphatic carbocycles. The Balaban J connectivity index is 1.44. The fourth-order valence-electron chi connectivity index (χ4n) is 2.47. The van der Waals surface area contributed by atoms with Crippen LogP contribution in [0.3, 0.4) is 0 Å². The van der Waals surface area contributed by atoms with Crippen LogP contribution in [0, 0.1) is 0 Å². The van der Waals surface area contributed by atoms with E-state index in [1.165, 1.54) is 11.0 Å². The molecular weight excluding hydrogens is 332 g/mol. The predicted octanol–water partition coefficient (Wildman–Crippen LogP) is 1.81. The lowest BCUT2D eigenvalue weighted by Crippen LogP contribution is -2.25. The van der Waals surface area contributed by atoms with E-state index >= 15 is 0 Å². The predicted molar refractivity (Wildman–Crippen MR) is 94.0 cm³/mol. The maximum absolute atomic E-state index is 12.5. The number of hydrogen-bond donors (Lipinski definition) is 2. The minimum absolute atomic E-state index is 0.0838. The number of benzene rings is 2. The van der Waals surface area contributed by atoms with Gasteiger partial charge in [0, 0.05) is 22.9 Å². The Labute approximate surface area is 149 Å². The minimum atomic E-state index is -0.255. The average Bonchev–Trinajstić information content (AvgIpc) is 3.31. The first-order chi connectivity index (χ1) is 12.7. The molecule has 0 radical (unpaired) electrons. The summed E-state index contributed by atoms with van der Waals surface area (Å²) in [5.74, 6) is -0.338. The smallest absolute Gasteiger partial charge is 0.255 e. The van der Waals surface area contributed by atoms with E-state index < -0.39 is 0 Å². The zero-order chi connectivity index (χ0) is 17.9. The summed E-state index contributed by atoms with van der Waals surface area (Å²) in [6.45, 7) is 0. The molecule has 0 unspecified atom stereocenters. The Morgan fingerprint density at radius 1 is 1.00 bits per heavy atom. The first-order valence-electron chi connectivity index (χ1n) is 8.25. The summed E-state index contributed by atoms with van der Waals surface area (Å²) in [4.78, 5) is 24.4. The van der Waals surface area contributed by atoms with E-state index in [9.17, 15) is 9.59 Å². The zero-order valence-electron chi connectivity index (χ0n) is 13.8. The van der Waals surface area contributed by atoms with Crippen LogP contribution in [0.5, 0.6) is 0 Å². The first kappa shape index (κ1) is 15.9. The Morgan fingerprint density at radius 2 is 1.81 bits per heavy atom. The highest BCUT2D eigenvalue weighted by Gasteiger charge is 2.23. The molecule has 0 spiro atoms. The van der Waals surface area contributed by atoms with Gasteiger partial charge in [0.2, 0.25) is 0 Å². The van der Waals surface area contributed by atoms with Crippen LogP contribution >= 0.6 is 0 Å².